The summed E-state index contributed by atoms with van der Waals surface area (Å²) in [6.45, 7) is 1.97. The number of rotatable bonds is 5. The highest BCUT2D eigenvalue weighted by Gasteiger charge is 2.10. The van der Waals surface area contributed by atoms with Crippen LogP contribution in [-0.4, -0.2) is 10.9 Å². The lowest BCUT2D eigenvalue weighted by atomic mass is 10.0. The van der Waals surface area contributed by atoms with Crippen LogP contribution in [0.1, 0.15) is 24.1 Å². The molecule has 1 N–H and O–H groups in total. The van der Waals surface area contributed by atoms with Gasteiger partial charge in [0.15, 0.2) is 0 Å². The number of carbonyl (C=O) groups excluding carboxylic acids is 1. The van der Waals surface area contributed by atoms with E-state index in [9.17, 15) is 4.79 Å². The third-order valence-electron chi connectivity index (χ3n) is 3.99. The van der Waals surface area contributed by atoms with Crippen LogP contribution >= 0.6 is 0 Å². The van der Waals surface area contributed by atoms with Gasteiger partial charge in [0.05, 0.1) is 12.5 Å². The predicted molar refractivity (Wildman–Crippen MR) is 96.4 cm³/mol. The summed E-state index contributed by atoms with van der Waals surface area (Å²) in [5.74, 6) is 0.0128. The Bertz CT molecular complexity index is 783. The van der Waals surface area contributed by atoms with E-state index in [0.717, 1.165) is 16.7 Å². The van der Waals surface area contributed by atoms with Gasteiger partial charge in [0.2, 0.25) is 5.91 Å². The number of hydrogen-bond donors (Lipinski definition) is 1. The molecule has 3 rings (SSSR count). The number of amides is 1. The predicted octanol–water partition coefficient (Wildman–Crippen LogP) is 4.17. The topological polar surface area (TPSA) is 42.0 Å². The molecular formula is C21H20N2O. The lowest BCUT2D eigenvalue weighted by Gasteiger charge is -2.14. The minimum Gasteiger partial charge on any atom is -0.349 e. The molecule has 0 bridgehead atoms. The third-order valence-corrected chi connectivity index (χ3v) is 3.99. The SMILES string of the molecule is C[C@@H](NC(=O)Cc1ccc(-c2ccccc2)cc1)c1cccnc1. The lowest BCUT2D eigenvalue weighted by Crippen LogP contribution is -2.28. The van der Waals surface area contributed by atoms with E-state index >= 15 is 0 Å². The van der Waals surface area contributed by atoms with Crippen LogP contribution in [0.25, 0.3) is 11.1 Å². The summed E-state index contributed by atoms with van der Waals surface area (Å²) in [6.07, 6.45) is 3.88. The summed E-state index contributed by atoms with van der Waals surface area (Å²) in [4.78, 5) is 16.3. The second-order valence-corrected chi connectivity index (χ2v) is 5.82. The molecule has 2 aromatic carbocycles. The average Bonchev–Trinajstić information content (AvgIpc) is 2.64. The molecule has 1 heterocycles. The lowest BCUT2D eigenvalue weighted by molar-refractivity contribution is -0.121. The largest absolute Gasteiger partial charge is 0.349 e. The maximum atomic E-state index is 12.2. The van der Waals surface area contributed by atoms with Crippen molar-refractivity contribution in [1.29, 1.82) is 0 Å². The van der Waals surface area contributed by atoms with Crippen LogP contribution in [0.2, 0.25) is 0 Å². The van der Waals surface area contributed by atoms with Crippen molar-refractivity contribution >= 4 is 5.91 Å². The zero-order valence-electron chi connectivity index (χ0n) is 13.6. The highest BCUT2D eigenvalue weighted by molar-refractivity contribution is 5.79. The van der Waals surface area contributed by atoms with Crippen LogP contribution in [0.4, 0.5) is 0 Å². The van der Waals surface area contributed by atoms with E-state index < -0.39 is 0 Å². The smallest absolute Gasteiger partial charge is 0.224 e. The minimum absolute atomic E-state index is 0.0128. The number of nitrogens with one attached hydrogen (secondary N) is 1. The fourth-order valence-corrected chi connectivity index (χ4v) is 2.64. The number of carbonyl (C=O) groups is 1. The fourth-order valence-electron chi connectivity index (χ4n) is 2.64. The highest BCUT2D eigenvalue weighted by Crippen LogP contribution is 2.19. The Morgan fingerprint density at radius 3 is 2.33 bits per heavy atom. The first-order chi connectivity index (χ1) is 11.7. The van der Waals surface area contributed by atoms with E-state index in [4.69, 9.17) is 0 Å². The summed E-state index contributed by atoms with van der Waals surface area (Å²) in [7, 11) is 0. The molecule has 3 heteroatoms. The monoisotopic (exact) mass is 316 g/mol. The summed E-state index contributed by atoms with van der Waals surface area (Å²) in [6, 6.07) is 22.1. The van der Waals surface area contributed by atoms with E-state index in [-0.39, 0.29) is 11.9 Å². The molecule has 0 aliphatic carbocycles. The molecule has 3 nitrogen and oxygen atoms in total. The Hall–Kier alpha value is -2.94. The van der Waals surface area contributed by atoms with E-state index in [0.29, 0.717) is 6.42 Å². The van der Waals surface area contributed by atoms with Crippen molar-refractivity contribution in [3.8, 4) is 11.1 Å². The Morgan fingerprint density at radius 1 is 0.958 bits per heavy atom. The normalized spacial score (nSPS) is 11.7. The first-order valence-electron chi connectivity index (χ1n) is 8.06. The van der Waals surface area contributed by atoms with Gasteiger partial charge in [-0.05, 0) is 35.2 Å². The van der Waals surface area contributed by atoms with Crippen molar-refractivity contribution in [3.63, 3.8) is 0 Å². The van der Waals surface area contributed by atoms with Gasteiger partial charge in [-0.3, -0.25) is 9.78 Å². The van der Waals surface area contributed by atoms with Crippen molar-refractivity contribution in [1.82, 2.24) is 10.3 Å². The maximum Gasteiger partial charge on any atom is 0.224 e. The van der Waals surface area contributed by atoms with Crippen molar-refractivity contribution in [2.75, 3.05) is 0 Å². The van der Waals surface area contributed by atoms with Crippen molar-refractivity contribution in [3.05, 3.63) is 90.3 Å². The molecule has 3 aromatic rings. The molecule has 0 aliphatic rings. The Labute approximate surface area is 142 Å². The van der Waals surface area contributed by atoms with Crippen LogP contribution < -0.4 is 5.32 Å². The zero-order chi connectivity index (χ0) is 16.8. The van der Waals surface area contributed by atoms with E-state index in [1.165, 1.54) is 5.56 Å². The van der Waals surface area contributed by atoms with Gasteiger partial charge >= 0.3 is 0 Å². The van der Waals surface area contributed by atoms with Crippen molar-refractivity contribution in [2.45, 2.75) is 19.4 Å². The van der Waals surface area contributed by atoms with E-state index in [1.54, 1.807) is 12.4 Å². The molecule has 1 atom stereocenters. The quantitative estimate of drug-likeness (QED) is 0.767. The zero-order valence-corrected chi connectivity index (χ0v) is 13.6. The second-order valence-electron chi connectivity index (χ2n) is 5.82. The van der Waals surface area contributed by atoms with Gasteiger partial charge in [0, 0.05) is 12.4 Å². The number of aromatic nitrogens is 1. The van der Waals surface area contributed by atoms with Gasteiger partial charge < -0.3 is 5.32 Å². The molecule has 0 aliphatic heterocycles. The molecule has 0 unspecified atom stereocenters. The molecule has 120 valence electrons. The van der Waals surface area contributed by atoms with Gasteiger partial charge in [0.25, 0.3) is 0 Å². The average molecular weight is 316 g/mol. The Kier molecular flexibility index (Phi) is 5.02. The maximum absolute atomic E-state index is 12.2. The minimum atomic E-state index is -0.0465. The van der Waals surface area contributed by atoms with Gasteiger partial charge in [-0.1, -0.05) is 60.7 Å². The second kappa shape index (κ2) is 7.55. The number of pyridine rings is 1. The molecule has 0 saturated carbocycles. The van der Waals surface area contributed by atoms with E-state index in [2.05, 4.69) is 34.6 Å². The molecule has 0 spiro atoms. The first-order valence-corrected chi connectivity index (χ1v) is 8.06. The summed E-state index contributed by atoms with van der Waals surface area (Å²) in [5, 5.41) is 3.01. The molecule has 24 heavy (non-hydrogen) atoms. The van der Waals surface area contributed by atoms with Crippen LogP contribution in [0, 0.1) is 0 Å². The van der Waals surface area contributed by atoms with Crippen molar-refractivity contribution in [2.24, 2.45) is 0 Å². The van der Waals surface area contributed by atoms with Crippen LogP contribution in [-0.2, 0) is 11.2 Å². The number of hydrogen-bond acceptors (Lipinski definition) is 2. The Morgan fingerprint density at radius 2 is 1.67 bits per heavy atom. The molecular weight excluding hydrogens is 296 g/mol. The molecule has 1 amide bonds. The summed E-state index contributed by atoms with van der Waals surface area (Å²) in [5.41, 5.74) is 4.35. The van der Waals surface area contributed by atoms with Gasteiger partial charge in [-0.15, -0.1) is 0 Å². The standard InChI is InChI=1S/C21H20N2O/c1-16(20-8-5-13-22-15-20)23-21(24)14-17-9-11-19(12-10-17)18-6-3-2-4-7-18/h2-13,15-16H,14H2,1H3,(H,23,24)/t16-/m1/s1. The highest BCUT2D eigenvalue weighted by atomic mass is 16.1. The van der Waals surface area contributed by atoms with Gasteiger partial charge in [-0.25, -0.2) is 0 Å². The van der Waals surface area contributed by atoms with Crippen LogP contribution in [0.3, 0.4) is 0 Å². The van der Waals surface area contributed by atoms with Crippen LogP contribution in [0.5, 0.6) is 0 Å². The Balaban J connectivity index is 1.61. The third kappa shape index (κ3) is 4.07. The molecule has 0 saturated heterocycles. The number of nitrogens with zero attached hydrogens (tertiary/aromatic N) is 1. The molecule has 0 fully saturated rings. The first kappa shape index (κ1) is 15.9. The van der Waals surface area contributed by atoms with Crippen LogP contribution in [0.15, 0.2) is 79.1 Å². The summed E-state index contributed by atoms with van der Waals surface area (Å²) >= 11 is 0. The van der Waals surface area contributed by atoms with Crippen molar-refractivity contribution < 1.29 is 4.79 Å². The fraction of sp³-hybridized carbons (Fsp3) is 0.143. The molecule has 1 aromatic heterocycles. The van der Waals surface area contributed by atoms with Gasteiger partial charge in [-0.2, -0.15) is 0 Å². The molecule has 0 radical (unpaired) electrons. The number of benzene rings is 2. The summed E-state index contributed by atoms with van der Waals surface area (Å²) < 4.78 is 0. The van der Waals surface area contributed by atoms with Gasteiger partial charge in [0.1, 0.15) is 0 Å². The van der Waals surface area contributed by atoms with E-state index in [1.807, 2.05) is 49.4 Å².